The van der Waals surface area contributed by atoms with Crippen molar-refractivity contribution in [2.45, 2.75) is 6.92 Å². The number of nitrogens with one attached hydrogen (secondary N) is 1. The van der Waals surface area contributed by atoms with Crippen LogP contribution < -0.4 is 14.8 Å². The molecule has 0 spiro atoms. The molecule has 0 radical (unpaired) electrons. The Morgan fingerprint density at radius 1 is 0.968 bits per heavy atom. The molecule has 7 heteroatoms. The molecule has 6 nitrogen and oxygen atoms in total. The second-order valence-electron chi connectivity index (χ2n) is 6.35. The zero-order valence-electron chi connectivity index (χ0n) is 16.7. The molecule has 0 unspecified atom stereocenters. The minimum absolute atomic E-state index is 0.254. The van der Waals surface area contributed by atoms with Gasteiger partial charge in [0, 0.05) is 0 Å². The van der Waals surface area contributed by atoms with Crippen LogP contribution in [-0.2, 0) is 4.79 Å². The molecule has 158 valence electrons. The monoisotopic (exact) mass is 481 g/mol. The number of hydrogen-bond donors (Lipinski definition) is 2. The zero-order valence-corrected chi connectivity index (χ0v) is 18.3. The van der Waals surface area contributed by atoms with Crippen molar-refractivity contribution in [3.8, 4) is 17.2 Å². The van der Waals surface area contributed by atoms with E-state index in [2.05, 4.69) is 21.2 Å². The zero-order chi connectivity index (χ0) is 22.2. The lowest BCUT2D eigenvalue weighted by molar-refractivity contribution is -0.132. The van der Waals surface area contributed by atoms with Crippen molar-refractivity contribution in [2.24, 2.45) is 0 Å². The number of carboxylic acid groups (broad SMARTS) is 1. The van der Waals surface area contributed by atoms with Crippen LogP contribution in [0.25, 0.3) is 6.08 Å². The van der Waals surface area contributed by atoms with Crippen LogP contribution in [0.15, 0.2) is 83.0 Å². The van der Waals surface area contributed by atoms with E-state index >= 15 is 0 Å². The van der Waals surface area contributed by atoms with Gasteiger partial charge in [-0.3, -0.25) is 4.79 Å². The number of carbonyl (C=O) groups excluding carboxylic acids is 1. The largest absolute Gasteiger partial charge is 0.493 e. The third-order valence-electron chi connectivity index (χ3n) is 4.17. The van der Waals surface area contributed by atoms with E-state index in [-0.39, 0.29) is 11.3 Å². The third kappa shape index (κ3) is 5.96. The van der Waals surface area contributed by atoms with E-state index in [1.165, 1.54) is 6.08 Å². The van der Waals surface area contributed by atoms with E-state index in [0.29, 0.717) is 29.4 Å². The first-order chi connectivity index (χ1) is 15.0. The normalized spacial score (nSPS) is 11.0. The number of para-hydroxylation sites is 2. The Morgan fingerprint density at radius 2 is 1.61 bits per heavy atom. The first-order valence-corrected chi connectivity index (χ1v) is 10.3. The van der Waals surface area contributed by atoms with Crippen LogP contribution in [0, 0.1) is 0 Å². The quantitative estimate of drug-likeness (QED) is 0.415. The minimum Gasteiger partial charge on any atom is -0.493 e. The number of carbonyl (C=O) groups is 2. The highest BCUT2D eigenvalue weighted by molar-refractivity contribution is 9.10. The van der Waals surface area contributed by atoms with Crippen LogP contribution in [0.4, 0.5) is 0 Å². The maximum absolute atomic E-state index is 12.6. The first kappa shape index (κ1) is 22.1. The molecule has 0 saturated heterocycles. The van der Waals surface area contributed by atoms with Gasteiger partial charge in [-0.05, 0) is 70.9 Å². The summed E-state index contributed by atoms with van der Waals surface area (Å²) in [5, 5.41) is 12.0. The molecule has 0 heterocycles. The average molecular weight is 482 g/mol. The lowest BCUT2D eigenvalue weighted by Gasteiger charge is -2.11. The SMILES string of the molecule is CCOc1ccccc1C(=O)NC(=Cc1ccc(Oc2ccccc2Br)cc1)C(=O)O. The summed E-state index contributed by atoms with van der Waals surface area (Å²) in [5.41, 5.74) is 0.597. The van der Waals surface area contributed by atoms with Crippen molar-refractivity contribution in [1.29, 1.82) is 0 Å². The van der Waals surface area contributed by atoms with Gasteiger partial charge in [0.1, 0.15) is 22.9 Å². The standard InChI is InChI=1S/C24H20BrNO5/c1-2-30-21-9-5-3-7-18(21)23(27)26-20(24(28)29)15-16-11-13-17(14-12-16)31-22-10-6-4-8-19(22)25/h3-15H,2H2,1H3,(H,26,27)(H,28,29). The molecule has 0 aliphatic carbocycles. The van der Waals surface area contributed by atoms with Gasteiger partial charge in [-0.15, -0.1) is 0 Å². The maximum Gasteiger partial charge on any atom is 0.352 e. The summed E-state index contributed by atoms with van der Waals surface area (Å²) in [4.78, 5) is 24.3. The van der Waals surface area contributed by atoms with E-state index < -0.39 is 11.9 Å². The number of rotatable bonds is 8. The van der Waals surface area contributed by atoms with Crippen molar-refractivity contribution >= 4 is 33.9 Å². The van der Waals surface area contributed by atoms with Crippen molar-refractivity contribution < 1.29 is 24.2 Å². The lowest BCUT2D eigenvalue weighted by Crippen LogP contribution is -2.27. The first-order valence-electron chi connectivity index (χ1n) is 9.48. The molecule has 0 saturated carbocycles. The Kier molecular flexibility index (Phi) is 7.45. The number of amides is 1. The van der Waals surface area contributed by atoms with Crippen LogP contribution in [0.2, 0.25) is 0 Å². The van der Waals surface area contributed by atoms with Gasteiger partial charge in [0.05, 0.1) is 16.6 Å². The fourth-order valence-electron chi connectivity index (χ4n) is 2.73. The van der Waals surface area contributed by atoms with Crippen molar-refractivity contribution in [1.82, 2.24) is 5.32 Å². The predicted octanol–water partition coefficient (Wildman–Crippen LogP) is 5.50. The molecule has 1 amide bonds. The van der Waals surface area contributed by atoms with E-state index in [4.69, 9.17) is 9.47 Å². The molecule has 0 aliphatic heterocycles. The molecule has 0 bridgehead atoms. The van der Waals surface area contributed by atoms with Gasteiger partial charge in [-0.1, -0.05) is 36.4 Å². The van der Waals surface area contributed by atoms with Gasteiger partial charge < -0.3 is 19.9 Å². The van der Waals surface area contributed by atoms with Crippen LogP contribution >= 0.6 is 15.9 Å². The highest BCUT2D eigenvalue weighted by Gasteiger charge is 2.17. The molecule has 3 aromatic rings. The Hall–Kier alpha value is -3.58. The van der Waals surface area contributed by atoms with Gasteiger partial charge in [0.15, 0.2) is 0 Å². The summed E-state index contributed by atoms with van der Waals surface area (Å²) in [6, 6.07) is 21.0. The summed E-state index contributed by atoms with van der Waals surface area (Å²) < 4.78 is 12.1. The molecule has 31 heavy (non-hydrogen) atoms. The number of aliphatic carboxylic acids is 1. The highest BCUT2D eigenvalue weighted by atomic mass is 79.9. The highest BCUT2D eigenvalue weighted by Crippen LogP contribution is 2.29. The predicted molar refractivity (Wildman–Crippen MR) is 121 cm³/mol. The summed E-state index contributed by atoms with van der Waals surface area (Å²) in [6.07, 6.45) is 1.38. The number of carboxylic acids is 1. The molecular weight excluding hydrogens is 462 g/mol. The second-order valence-corrected chi connectivity index (χ2v) is 7.20. The summed E-state index contributed by atoms with van der Waals surface area (Å²) >= 11 is 3.42. The fraction of sp³-hybridized carbons (Fsp3) is 0.0833. The molecule has 2 N–H and O–H groups in total. The Morgan fingerprint density at radius 3 is 2.26 bits per heavy atom. The molecule has 0 aromatic heterocycles. The molecule has 3 rings (SSSR count). The van der Waals surface area contributed by atoms with Crippen LogP contribution in [-0.4, -0.2) is 23.6 Å². The van der Waals surface area contributed by atoms with Crippen LogP contribution in [0.5, 0.6) is 17.2 Å². The smallest absolute Gasteiger partial charge is 0.352 e. The number of benzene rings is 3. The topological polar surface area (TPSA) is 84.9 Å². The van der Waals surface area contributed by atoms with E-state index in [1.54, 1.807) is 55.5 Å². The molecule has 0 aliphatic rings. The summed E-state index contributed by atoms with van der Waals surface area (Å²) in [5.74, 6) is -0.170. The maximum atomic E-state index is 12.6. The Bertz CT molecular complexity index is 1110. The number of hydrogen-bond acceptors (Lipinski definition) is 4. The van der Waals surface area contributed by atoms with Gasteiger partial charge in [0.2, 0.25) is 0 Å². The van der Waals surface area contributed by atoms with Gasteiger partial charge >= 0.3 is 5.97 Å². The lowest BCUT2D eigenvalue weighted by atomic mass is 10.1. The van der Waals surface area contributed by atoms with Gasteiger partial charge in [0.25, 0.3) is 5.91 Å². The number of ether oxygens (including phenoxy) is 2. The van der Waals surface area contributed by atoms with Crippen molar-refractivity contribution in [3.63, 3.8) is 0 Å². The minimum atomic E-state index is -1.25. The summed E-state index contributed by atoms with van der Waals surface area (Å²) in [7, 11) is 0. The molecule has 3 aromatic carbocycles. The van der Waals surface area contributed by atoms with Crippen LogP contribution in [0.3, 0.4) is 0 Å². The Labute approximate surface area is 188 Å². The van der Waals surface area contributed by atoms with E-state index in [9.17, 15) is 14.7 Å². The van der Waals surface area contributed by atoms with Crippen molar-refractivity contribution in [3.05, 3.63) is 94.1 Å². The molecule has 0 atom stereocenters. The van der Waals surface area contributed by atoms with E-state index in [1.807, 2.05) is 24.3 Å². The summed E-state index contributed by atoms with van der Waals surface area (Å²) in [6.45, 7) is 2.20. The molecular formula is C24H20BrNO5. The van der Waals surface area contributed by atoms with Crippen molar-refractivity contribution in [2.75, 3.05) is 6.61 Å². The van der Waals surface area contributed by atoms with Crippen LogP contribution in [0.1, 0.15) is 22.8 Å². The van der Waals surface area contributed by atoms with Gasteiger partial charge in [-0.2, -0.15) is 0 Å². The van der Waals surface area contributed by atoms with E-state index in [0.717, 1.165) is 4.47 Å². The number of halogens is 1. The Balaban J connectivity index is 1.77. The average Bonchev–Trinajstić information content (AvgIpc) is 2.76. The van der Waals surface area contributed by atoms with Gasteiger partial charge in [-0.25, -0.2) is 4.79 Å². The second kappa shape index (κ2) is 10.4. The third-order valence-corrected chi connectivity index (χ3v) is 4.82. The fourth-order valence-corrected chi connectivity index (χ4v) is 3.10. The molecule has 0 fully saturated rings.